The van der Waals surface area contributed by atoms with Gasteiger partial charge in [-0.05, 0) is 42.3 Å². The second-order valence-corrected chi connectivity index (χ2v) is 4.40. The summed E-state index contributed by atoms with van der Waals surface area (Å²) in [5, 5.41) is 0. The molecule has 0 unspecified atom stereocenters. The lowest BCUT2D eigenvalue weighted by molar-refractivity contribution is 0.289. The van der Waals surface area contributed by atoms with Crippen LogP contribution in [0.3, 0.4) is 0 Å². The number of ether oxygens (including phenoxy) is 1. The SMILES string of the molecule is C[C@H](N)c1ccc(OCc2cccc(F)c2)c(F)c1. The summed E-state index contributed by atoms with van der Waals surface area (Å²) < 4.78 is 32.0. The summed E-state index contributed by atoms with van der Waals surface area (Å²) in [5.74, 6) is -0.672. The van der Waals surface area contributed by atoms with E-state index in [-0.39, 0.29) is 24.2 Å². The second-order valence-electron chi connectivity index (χ2n) is 4.40. The van der Waals surface area contributed by atoms with Crippen LogP contribution in [0.1, 0.15) is 24.1 Å². The fourth-order valence-electron chi connectivity index (χ4n) is 1.71. The van der Waals surface area contributed by atoms with Crippen molar-refractivity contribution in [3.8, 4) is 5.75 Å². The molecule has 1 atom stereocenters. The third-order valence-electron chi connectivity index (χ3n) is 2.77. The van der Waals surface area contributed by atoms with Gasteiger partial charge in [0.2, 0.25) is 0 Å². The van der Waals surface area contributed by atoms with Gasteiger partial charge in [-0.1, -0.05) is 18.2 Å². The van der Waals surface area contributed by atoms with Gasteiger partial charge >= 0.3 is 0 Å². The Morgan fingerprint density at radius 1 is 1.16 bits per heavy atom. The van der Waals surface area contributed by atoms with Gasteiger partial charge in [-0.3, -0.25) is 0 Å². The summed E-state index contributed by atoms with van der Waals surface area (Å²) in [6.07, 6.45) is 0. The highest BCUT2D eigenvalue weighted by atomic mass is 19.1. The maximum absolute atomic E-state index is 13.7. The van der Waals surface area contributed by atoms with Crippen LogP contribution in [0.2, 0.25) is 0 Å². The van der Waals surface area contributed by atoms with Gasteiger partial charge in [0.05, 0.1) is 0 Å². The van der Waals surface area contributed by atoms with E-state index in [1.807, 2.05) is 0 Å². The number of rotatable bonds is 4. The molecule has 0 radical (unpaired) electrons. The number of halogens is 2. The number of benzene rings is 2. The Kier molecular flexibility index (Phi) is 4.12. The van der Waals surface area contributed by atoms with Gasteiger partial charge in [0, 0.05) is 6.04 Å². The summed E-state index contributed by atoms with van der Waals surface area (Å²) in [6, 6.07) is 10.4. The minimum atomic E-state index is -0.466. The molecule has 0 bridgehead atoms. The van der Waals surface area contributed by atoms with E-state index in [0.29, 0.717) is 11.1 Å². The molecular weight excluding hydrogens is 248 g/mol. The first-order valence-corrected chi connectivity index (χ1v) is 5.98. The maximum atomic E-state index is 13.7. The van der Waals surface area contributed by atoms with Crippen molar-refractivity contribution in [3.05, 3.63) is 65.2 Å². The van der Waals surface area contributed by atoms with E-state index in [1.165, 1.54) is 24.3 Å². The van der Waals surface area contributed by atoms with Crippen molar-refractivity contribution in [2.75, 3.05) is 0 Å². The van der Waals surface area contributed by atoms with Crippen molar-refractivity contribution < 1.29 is 13.5 Å². The smallest absolute Gasteiger partial charge is 0.165 e. The predicted octanol–water partition coefficient (Wildman–Crippen LogP) is 3.56. The fourth-order valence-corrected chi connectivity index (χ4v) is 1.71. The molecule has 0 heterocycles. The van der Waals surface area contributed by atoms with Gasteiger partial charge in [-0.15, -0.1) is 0 Å². The first-order valence-electron chi connectivity index (χ1n) is 5.98. The highest BCUT2D eigenvalue weighted by Crippen LogP contribution is 2.22. The van der Waals surface area contributed by atoms with Gasteiger partial charge in [0.1, 0.15) is 12.4 Å². The summed E-state index contributed by atoms with van der Waals surface area (Å²) in [6.45, 7) is 1.90. The zero-order valence-electron chi connectivity index (χ0n) is 10.6. The minimum absolute atomic E-state index is 0.117. The van der Waals surface area contributed by atoms with E-state index < -0.39 is 5.82 Å². The second kappa shape index (κ2) is 5.80. The molecule has 2 aromatic carbocycles. The normalized spacial score (nSPS) is 12.2. The summed E-state index contributed by atoms with van der Waals surface area (Å²) >= 11 is 0. The maximum Gasteiger partial charge on any atom is 0.165 e. The van der Waals surface area contributed by atoms with Gasteiger partial charge in [-0.2, -0.15) is 0 Å². The Balaban J connectivity index is 2.07. The molecule has 2 rings (SSSR count). The standard InChI is InChI=1S/C15H15F2NO/c1-10(18)12-5-6-15(14(17)8-12)19-9-11-3-2-4-13(16)7-11/h2-8,10H,9,18H2,1H3/t10-/m0/s1. The van der Waals surface area contributed by atoms with E-state index in [0.717, 1.165) is 0 Å². The van der Waals surface area contributed by atoms with Crippen molar-refractivity contribution in [2.45, 2.75) is 19.6 Å². The average molecular weight is 263 g/mol. The molecule has 0 aliphatic heterocycles. The van der Waals surface area contributed by atoms with Crippen LogP contribution in [0.25, 0.3) is 0 Å². The Bertz CT molecular complexity index is 570. The monoisotopic (exact) mass is 263 g/mol. The highest BCUT2D eigenvalue weighted by molar-refractivity contribution is 5.31. The van der Waals surface area contributed by atoms with Crippen molar-refractivity contribution in [2.24, 2.45) is 5.73 Å². The topological polar surface area (TPSA) is 35.2 Å². The predicted molar refractivity (Wildman–Crippen MR) is 69.7 cm³/mol. The molecule has 0 aliphatic rings. The van der Waals surface area contributed by atoms with Crippen LogP contribution in [0, 0.1) is 11.6 Å². The van der Waals surface area contributed by atoms with Crippen LogP contribution in [0.5, 0.6) is 5.75 Å². The van der Waals surface area contributed by atoms with Crippen LogP contribution < -0.4 is 10.5 Å². The molecule has 0 saturated heterocycles. The molecule has 100 valence electrons. The zero-order chi connectivity index (χ0) is 13.8. The minimum Gasteiger partial charge on any atom is -0.486 e. The first-order chi connectivity index (χ1) is 9.06. The molecule has 0 saturated carbocycles. The molecule has 0 amide bonds. The lowest BCUT2D eigenvalue weighted by atomic mass is 10.1. The molecule has 0 aliphatic carbocycles. The Morgan fingerprint density at radius 2 is 1.95 bits per heavy atom. The van der Waals surface area contributed by atoms with Crippen LogP contribution in [-0.2, 0) is 6.61 Å². The van der Waals surface area contributed by atoms with Crippen molar-refractivity contribution in [1.29, 1.82) is 0 Å². The first kappa shape index (κ1) is 13.5. The van der Waals surface area contributed by atoms with Crippen LogP contribution in [-0.4, -0.2) is 0 Å². The Labute approximate surface area is 110 Å². The van der Waals surface area contributed by atoms with E-state index in [2.05, 4.69) is 0 Å². The summed E-state index contributed by atoms with van der Waals surface area (Å²) in [4.78, 5) is 0. The third-order valence-corrected chi connectivity index (χ3v) is 2.77. The fraction of sp³-hybridized carbons (Fsp3) is 0.200. The van der Waals surface area contributed by atoms with Gasteiger partial charge in [0.15, 0.2) is 11.6 Å². The van der Waals surface area contributed by atoms with E-state index >= 15 is 0 Å². The van der Waals surface area contributed by atoms with Gasteiger partial charge in [-0.25, -0.2) is 8.78 Å². The third kappa shape index (κ3) is 3.51. The average Bonchev–Trinajstić information content (AvgIpc) is 2.37. The van der Waals surface area contributed by atoms with Crippen LogP contribution in [0.4, 0.5) is 8.78 Å². The molecule has 2 aromatic rings. The van der Waals surface area contributed by atoms with Crippen molar-refractivity contribution in [1.82, 2.24) is 0 Å². The number of hydrogen-bond acceptors (Lipinski definition) is 2. The Morgan fingerprint density at radius 3 is 2.58 bits per heavy atom. The van der Waals surface area contributed by atoms with Crippen LogP contribution >= 0.6 is 0 Å². The summed E-state index contributed by atoms with van der Waals surface area (Å²) in [7, 11) is 0. The highest BCUT2D eigenvalue weighted by Gasteiger charge is 2.07. The van der Waals surface area contributed by atoms with Gasteiger partial charge < -0.3 is 10.5 Å². The zero-order valence-corrected chi connectivity index (χ0v) is 10.6. The molecule has 2 N–H and O–H groups in total. The molecule has 0 aromatic heterocycles. The van der Waals surface area contributed by atoms with E-state index in [4.69, 9.17) is 10.5 Å². The molecule has 0 spiro atoms. The van der Waals surface area contributed by atoms with Crippen LogP contribution in [0.15, 0.2) is 42.5 Å². The Hall–Kier alpha value is -1.94. The molecular formula is C15H15F2NO. The molecule has 19 heavy (non-hydrogen) atoms. The summed E-state index contributed by atoms with van der Waals surface area (Å²) in [5.41, 5.74) is 7.02. The lowest BCUT2D eigenvalue weighted by Crippen LogP contribution is -2.06. The van der Waals surface area contributed by atoms with E-state index in [9.17, 15) is 8.78 Å². The molecule has 2 nitrogen and oxygen atoms in total. The largest absolute Gasteiger partial charge is 0.486 e. The van der Waals surface area contributed by atoms with Crippen molar-refractivity contribution in [3.63, 3.8) is 0 Å². The van der Waals surface area contributed by atoms with Gasteiger partial charge in [0.25, 0.3) is 0 Å². The molecule has 4 heteroatoms. The number of nitrogens with two attached hydrogens (primary N) is 1. The molecule has 0 fully saturated rings. The quantitative estimate of drug-likeness (QED) is 0.915. The lowest BCUT2D eigenvalue weighted by Gasteiger charge is -2.10. The number of hydrogen-bond donors (Lipinski definition) is 1. The van der Waals surface area contributed by atoms with E-state index in [1.54, 1.807) is 25.1 Å². The van der Waals surface area contributed by atoms with Crippen molar-refractivity contribution >= 4 is 0 Å².